The van der Waals surface area contributed by atoms with Crippen LogP contribution >= 0.6 is 12.2 Å². The van der Waals surface area contributed by atoms with Crippen molar-refractivity contribution in [3.63, 3.8) is 0 Å². The highest BCUT2D eigenvalue weighted by Gasteiger charge is 2.37. The Labute approximate surface area is 161 Å². The van der Waals surface area contributed by atoms with Crippen molar-refractivity contribution in [2.24, 2.45) is 0 Å². The Balaban J connectivity index is 1.63. The van der Waals surface area contributed by atoms with Gasteiger partial charge in [0.25, 0.3) is 10.7 Å². The quantitative estimate of drug-likeness (QED) is 0.550. The molecule has 0 spiro atoms. The molecular weight excluding hydrogens is 374 g/mol. The molecule has 3 rings (SSSR count). The SMILES string of the molecule is COC(=O)[C@@H]1C[C@@H](O)CN1Cn1nc(COc2ccc(OC)cc2)oc1=S. The average Bonchev–Trinajstić information content (AvgIpc) is 3.22. The number of benzene rings is 1. The number of rotatable bonds is 7. The lowest BCUT2D eigenvalue weighted by atomic mass is 10.2. The molecule has 2 heterocycles. The second-order valence-electron chi connectivity index (χ2n) is 6.07. The molecule has 2 aromatic rings. The number of ether oxygens (including phenoxy) is 3. The van der Waals surface area contributed by atoms with Crippen LogP contribution in [0.5, 0.6) is 11.5 Å². The van der Waals surface area contributed by atoms with Crippen LogP contribution in [0.4, 0.5) is 0 Å². The lowest BCUT2D eigenvalue weighted by Gasteiger charge is -2.21. The van der Waals surface area contributed by atoms with E-state index in [1.165, 1.54) is 11.8 Å². The van der Waals surface area contributed by atoms with E-state index in [-0.39, 0.29) is 18.1 Å². The third kappa shape index (κ3) is 4.65. The molecule has 2 atom stereocenters. The van der Waals surface area contributed by atoms with Gasteiger partial charge < -0.3 is 23.7 Å². The Morgan fingerprint density at radius 2 is 2.04 bits per heavy atom. The van der Waals surface area contributed by atoms with Crippen molar-refractivity contribution in [2.45, 2.75) is 31.8 Å². The van der Waals surface area contributed by atoms with E-state index in [0.29, 0.717) is 24.6 Å². The van der Waals surface area contributed by atoms with Gasteiger partial charge in [-0.25, -0.2) is 4.68 Å². The number of hydrogen-bond acceptors (Lipinski definition) is 9. The number of aliphatic hydroxyl groups excluding tert-OH is 1. The standard InChI is InChI=1S/C17H21N3O6S/c1-23-12-3-5-13(6-4-12)25-9-15-18-20(17(27)26-15)10-19-8-11(21)7-14(19)16(22)24-2/h3-6,11,14,21H,7-10H2,1-2H3/t11-,14+/m1/s1. The number of carbonyl (C=O) groups is 1. The van der Waals surface area contributed by atoms with Crippen LogP contribution in [-0.4, -0.2) is 58.7 Å². The van der Waals surface area contributed by atoms with E-state index in [9.17, 15) is 9.90 Å². The third-order valence-corrected chi connectivity index (χ3v) is 4.53. The van der Waals surface area contributed by atoms with E-state index in [1.807, 2.05) is 0 Å². The van der Waals surface area contributed by atoms with Gasteiger partial charge in [0.05, 0.1) is 27.0 Å². The summed E-state index contributed by atoms with van der Waals surface area (Å²) in [7, 11) is 2.91. The lowest BCUT2D eigenvalue weighted by molar-refractivity contribution is -0.146. The molecule has 0 radical (unpaired) electrons. The zero-order valence-electron chi connectivity index (χ0n) is 15.0. The van der Waals surface area contributed by atoms with Crippen molar-refractivity contribution in [3.05, 3.63) is 35.0 Å². The maximum atomic E-state index is 11.9. The highest BCUT2D eigenvalue weighted by atomic mass is 32.1. The number of hydrogen-bond donors (Lipinski definition) is 1. The normalized spacial score (nSPS) is 19.8. The van der Waals surface area contributed by atoms with E-state index < -0.39 is 18.1 Å². The Hall–Kier alpha value is -2.43. The molecule has 1 aliphatic rings. The highest BCUT2D eigenvalue weighted by molar-refractivity contribution is 7.71. The molecule has 1 fully saturated rings. The summed E-state index contributed by atoms with van der Waals surface area (Å²) >= 11 is 5.19. The summed E-state index contributed by atoms with van der Waals surface area (Å²) in [5.74, 6) is 1.28. The summed E-state index contributed by atoms with van der Waals surface area (Å²) in [5.41, 5.74) is 0. The molecule has 1 aromatic heterocycles. The molecule has 1 aromatic carbocycles. The Morgan fingerprint density at radius 3 is 2.70 bits per heavy atom. The van der Waals surface area contributed by atoms with Gasteiger partial charge in [0, 0.05) is 13.0 Å². The molecule has 10 heteroatoms. The molecule has 0 saturated carbocycles. The van der Waals surface area contributed by atoms with Crippen molar-refractivity contribution in [3.8, 4) is 11.5 Å². The monoisotopic (exact) mass is 395 g/mol. The van der Waals surface area contributed by atoms with E-state index in [4.69, 9.17) is 30.8 Å². The van der Waals surface area contributed by atoms with Crippen LogP contribution < -0.4 is 9.47 Å². The molecule has 9 nitrogen and oxygen atoms in total. The summed E-state index contributed by atoms with van der Waals surface area (Å²) in [4.78, 5) is 13.8. The number of carbonyl (C=O) groups excluding carboxylic acids is 1. The van der Waals surface area contributed by atoms with Gasteiger partial charge >= 0.3 is 5.97 Å². The Bertz CT molecular complexity index is 834. The van der Waals surface area contributed by atoms with Gasteiger partial charge in [0.1, 0.15) is 17.5 Å². The van der Waals surface area contributed by atoms with Gasteiger partial charge in [-0.1, -0.05) is 0 Å². The Morgan fingerprint density at radius 1 is 1.33 bits per heavy atom. The number of methoxy groups -OCH3 is 2. The molecule has 0 unspecified atom stereocenters. The first-order valence-electron chi connectivity index (χ1n) is 8.33. The number of aliphatic hydroxyl groups is 1. The summed E-state index contributed by atoms with van der Waals surface area (Å²) in [6.07, 6.45) is -0.293. The number of nitrogens with zero attached hydrogens (tertiary/aromatic N) is 3. The summed E-state index contributed by atoms with van der Waals surface area (Å²) < 4.78 is 22.4. The second-order valence-corrected chi connectivity index (χ2v) is 6.42. The van der Waals surface area contributed by atoms with Crippen LogP contribution in [0.2, 0.25) is 0 Å². The fourth-order valence-electron chi connectivity index (χ4n) is 2.90. The molecule has 0 aliphatic carbocycles. The van der Waals surface area contributed by atoms with E-state index in [0.717, 1.165) is 5.75 Å². The molecule has 27 heavy (non-hydrogen) atoms. The van der Waals surface area contributed by atoms with Crippen LogP contribution in [0.1, 0.15) is 12.3 Å². The molecule has 1 aliphatic heterocycles. The molecule has 0 amide bonds. The largest absolute Gasteiger partial charge is 0.497 e. The van der Waals surface area contributed by atoms with E-state index in [1.54, 1.807) is 36.3 Å². The first-order chi connectivity index (χ1) is 13.0. The van der Waals surface area contributed by atoms with Crippen LogP contribution in [0.15, 0.2) is 28.7 Å². The highest BCUT2D eigenvalue weighted by Crippen LogP contribution is 2.21. The van der Waals surface area contributed by atoms with Gasteiger partial charge in [0.2, 0.25) is 0 Å². The predicted molar refractivity (Wildman–Crippen MR) is 95.8 cm³/mol. The fourth-order valence-corrected chi connectivity index (χ4v) is 3.10. The second kappa shape index (κ2) is 8.51. The molecule has 1 N–H and O–H groups in total. The number of β-amino-alcohol motifs (C(OH)–C–C–N with tert-alkyl or cyclic N) is 1. The van der Waals surface area contributed by atoms with Crippen molar-refractivity contribution in [1.29, 1.82) is 0 Å². The minimum absolute atomic E-state index is 0.103. The van der Waals surface area contributed by atoms with Crippen molar-refractivity contribution < 1.29 is 28.5 Å². The predicted octanol–water partition coefficient (Wildman–Crippen LogP) is 1.36. The molecule has 1 saturated heterocycles. The van der Waals surface area contributed by atoms with Crippen LogP contribution in [0.3, 0.4) is 0 Å². The smallest absolute Gasteiger partial charge is 0.323 e. The summed E-state index contributed by atoms with van der Waals surface area (Å²) in [5, 5.41) is 14.1. The zero-order valence-corrected chi connectivity index (χ0v) is 15.8. The molecule has 146 valence electrons. The first-order valence-corrected chi connectivity index (χ1v) is 8.74. The van der Waals surface area contributed by atoms with Gasteiger partial charge in [-0.3, -0.25) is 9.69 Å². The van der Waals surface area contributed by atoms with Gasteiger partial charge in [-0.2, -0.15) is 0 Å². The average molecular weight is 395 g/mol. The minimum atomic E-state index is -0.604. The van der Waals surface area contributed by atoms with E-state index in [2.05, 4.69) is 5.10 Å². The summed E-state index contributed by atoms with van der Waals surface area (Å²) in [6.45, 7) is 0.639. The maximum Gasteiger partial charge on any atom is 0.323 e. The first kappa shape index (κ1) is 19.3. The number of aromatic nitrogens is 2. The third-order valence-electron chi connectivity index (χ3n) is 4.24. The lowest BCUT2D eigenvalue weighted by Crippen LogP contribution is -2.38. The van der Waals surface area contributed by atoms with Crippen LogP contribution in [0, 0.1) is 4.84 Å². The molecule has 0 bridgehead atoms. The van der Waals surface area contributed by atoms with Gasteiger partial charge in [-0.05, 0) is 36.5 Å². The summed E-state index contributed by atoms with van der Waals surface area (Å²) in [6, 6.07) is 6.58. The Kier molecular flexibility index (Phi) is 6.09. The van der Waals surface area contributed by atoms with Crippen LogP contribution in [0.25, 0.3) is 0 Å². The van der Waals surface area contributed by atoms with Crippen LogP contribution in [-0.2, 0) is 22.8 Å². The number of likely N-dealkylation sites (tertiary alicyclic amines) is 1. The van der Waals surface area contributed by atoms with Crippen molar-refractivity contribution >= 4 is 18.2 Å². The van der Waals surface area contributed by atoms with Gasteiger partial charge in [-0.15, -0.1) is 5.10 Å². The van der Waals surface area contributed by atoms with Crippen molar-refractivity contribution in [1.82, 2.24) is 14.7 Å². The zero-order chi connectivity index (χ0) is 19.4. The van der Waals surface area contributed by atoms with Crippen molar-refractivity contribution in [2.75, 3.05) is 20.8 Å². The topological polar surface area (TPSA) is 99.2 Å². The maximum absolute atomic E-state index is 11.9. The van der Waals surface area contributed by atoms with E-state index >= 15 is 0 Å². The minimum Gasteiger partial charge on any atom is -0.497 e. The van der Waals surface area contributed by atoms with Gasteiger partial charge in [0.15, 0.2) is 6.61 Å². The fraction of sp³-hybridized carbons (Fsp3) is 0.471. The molecular formula is C17H21N3O6S. The number of esters is 1.